The first-order chi connectivity index (χ1) is 15.6. The zero-order valence-corrected chi connectivity index (χ0v) is 20.4. The minimum absolute atomic E-state index is 0.109. The molecule has 0 saturated heterocycles. The summed E-state index contributed by atoms with van der Waals surface area (Å²) in [5, 5.41) is 3.27. The molecule has 0 unspecified atom stereocenters. The van der Waals surface area contributed by atoms with Crippen LogP contribution in [-0.2, 0) is 23.9 Å². The number of nitrogens with one attached hydrogen (secondary N) is 1. The van der Waals surface area contributed by atoms with Gasteiger partial charge in [0.05, 0.1) is 30.8 Å². The summed E-state index contributed by atoms with van der Waals surface area (Å²) in [7, 11) is 1.28. The van der Waals surface area contributed by atoms with Crippen molar-refractivity contribution in [3.05, 3.63) is 52.4 Å². The Hall–Kier alpha value is -3.09. The van der Waals surface area contributed by atoms with E-state index >= 15 is 0 Å². The monoisotopic (exact) mass is 455 g/mol. The molecule has 0 amide bonds. The van der Waals surface area contributed by atoms with Gasteiger partial charge in [-0.25, -0.2) is 4.79 Å². The van der Waals surface area contributed by atoms with Crippen molar-refractivity contribution in [2.24, 2.45) is 11.8 Å². The van der Waals surface area contributed by atoms with Gasteiger partial charge >= 0.3 is 11.9 Å². The molecule has 2 aliphatic rings. The molecule has 1 aliphatic carbocycles. The molecule has 1 aromatic carbocycles. The highest BCUT2D eigenvalue weighted by atomic mass is 16.5. The van der Waals surface area contributed by atoms with Gasteiger partial charge < -0.3 is 19.5 Å². The second kappa shape index (κ2) is 9.81. The molecular formula is C26H33NO6. The quantitative estimate of drug-likeness (QED) is 0.511. The third kappa shape index (κ3) is 4.82. The van der Waals surface area contributed by atoms with Crippen LogP contribution in [0.5, 0.6) is 5.75 Å². The van der Waals surface area contributed by atoms with Gasteiger partial charge in [0.25, 0.3) is 0 Å². The number of hydrogen-bond donors (Lipinski definition) is 1. The van der Waals surface area contributed by atoms with Crippen LogP contribution >= 0.6 is 0 Å². The van der Waals surface area contributed by atoms with E-state index in [1.165, 1.54) is 7.11 Å². The Morgan fingerprint density at radius 1 is 1.09 bits per heavy atom. The zero-order chi connectivity index (χ0) is 24.4. The van der Waals surface area contributed by atoms with Crippen molar-refractivity contribution in [2.75, 3.05) is 7.11 Å². The number of carbonyl (C=O) groups excluding carboxylic acids is 3. The minimum Gasteiger partial charge on any atom is -0.491 e. The van der Waals surface area contributed by atoms with Gasteiger partial charge in [-0.05, 0) is 53.0 Å². The van der Waals surface area contributed by atoms with Crippen molar-refractivity contribution in [2.45, 2.75) is 66.1 Å². The Kier molecular flexibility index (Phi) is 7.30. The first-order valence-electron chi connectivity index (χ1n) is 11.4. The standard InChI is InChI=1S/C26H33NO6/c1-13(2)32-19-11-9-8-10-17(19)22-21(26(30)33-14(3)4)16(6)27-18-12-15(5)20(25(29)31-7)24(28)23(18)22/h8-11,13-15,20,22,27H,12H2,1-7H3/t15-,20+,22+/m0/s1. The van der Waals surface area contributed by atoms with Gasteiger partial charge in [-0.15, -0.1) is 0 Å². The van der Waals surface area contributed by atoms with E-state index in [-0.39, 0.29) is 23.9 Å². The van der Waals surface area contributed by atoms with E-state index in [2.05, 4.69) is 5.32 Å². The number of benzene rings is 1. The lowest BCUT2D eigenvalue weighted by Crippen LogP contribution is -2.43. The molecule has 1 aliphatic heterocycles. The highest BCUT2D eigenvalue weighted by Crippen LogP contribution is 2.47. The van der Waals surface area contributed by atoms with Gasteiger partial charge in [-0.2, -0.15) is 0 Å². The SMILES string of the molecule is COC(=O)[C@H]1C(=O)C2=C(C[C@@H]1C)NC(C)=C(C(=O)OC(C)C)[C@H]2c1ccccc1OC(C)C. The molecule has 1 aromatic rings. The summed E-state index contributed by atoms with van der Waals surface area (Å²) < 4.78 is 16.6. The summed E-state index contributed by atoms with van der Waals surface area (Å²) in [6.45, 7) is 11.1. The van der Waals surface area contributed by atoms with Gasteiger partial charge in [-0.1, -0.05) is 25.1 Å². The highest BCUT2D eigenvalue weighted by molar-refractivity contribution is 6.12. The minimum atomic E-state index is -0.933. The molecule has 178 valence electrons. The van der Waals surface area contributed by atoms with Crippen LogP contribution in [0.25, 0.3) is 0 Å². The van der Waals surface area contributed by atoms with Crippen molar-refractivity contribution in [3.63, 3.8) is 0 Å². The van der Waals surface area contributed by atoms with Crippen molar-refractivity contribution >= 4 is 17.7 Å². The molecule has 3 rings (SSSR count). The van der Waals surface area contributed by atoms with E-state index in [0.29, 0.717) is 34.6 Å². The van der Waals surface area contributed by atoms with Crippen LogP contribution in [-0.4, -0.2) is 37.0 Å². The maximum absolute atomic E-state index is 13.8. The molecule has 7 heteroatoms. The Balaban J connectivity index is 2.24. The molecule has 1 heterocycles. The molecule has 3 atom stereocenters. The first kappa shape index (κ1) is 24.6. The Morgan fingerprint density at radius 3 is 2.36 bits per heavy atom. The normalized spacial score (nSPS) is 22.8. The molecule has 0 radical (unpaired) electrons. The second-order valence-electron chi connectivity index (χ2n) is 9.19. The molecule has 33 heavy (non-hydrogen) atoms. The van der Waals surface area contributed by atoms with Gasteiger partial charge in [0.1, 0.15) is 11.7 Å². The zero-order valence-electron chi connectivity index (χ0n) is 20.4. The molecule has 1 N–H and O–H groups in total. The molecular weight excluding hydrogens is 422 g/mol. The van der Waals surface area contributed by atoms with Gasteiger partial charge in [-0.3, -0.25) is 9.59 Å². The van der Waals surface area contributed by atoms with E-state index < -0.39 is 23.8 Å². The highest BCUT2D eigenvalue weighted by Gasteiger charge is 2.47. The molecule has 0 aromatic heterocycles. The predicted molar refractivity (Wildman–Crippen MR) is 123 cm³/mol. The lowest BCUT2D eigenvalue weighted by Gasteiger charge is -2.38. The van der Waals surface area contributed by atoms with Crippen molar-refractivity contribution in [1.82, 2.24) is 5.32 Å². The van der Waals surface area contributed by atoms with E-state index in [9.17, 15) is 14.4 Å². The molecule has 0 bridgehead atoms. The maximum Gasteiger partial charge on any atom is 0.337 e. The fourth-order valence-electron chi connectivity index (χ4n) is 4.62. The van der Waals surface area contributed by atoms with E-state index in [0.717, 1.165) is 5.70 Å². The number of ketones is 1. The molecule has 7 nitrogen and oxygen atoms in total. The molecule has 0 saturated carbocycles. The summed E-state index contributed by atoms with van der Waals surface area (Å²) in [4.78, 5) is 39.6. The summed E-state index contributed by atoms with van der Waals surface area (Å²) in [5.41, 5.74) is 2.76. The number of Topliss-reactive ketones (excluding diaryl/α,β-unsaturated/α-hetero) is 1. The summed E-state index contributed by atoms with van der Waals surface area (Å²) in [5.74, 6) is -2.73. The number of ether oxygens (including phenoxy) is 3. The maximum atomic E-state index is 13.8. The number of hydrogen-bond acceptors (Lipinski definition) is 7. The van der Waals surface area contributed by atoms with E-state index in [1.54, 1.807) is 20.8 Å². The fraction of sp³-hybridized carbons (Fsp3) is 0.500. The number of para-hydroxylation sites is 1. The Bertz CT molecular complexity index is 1020. The van der Waals surface area contributed by atoms with Crippen LogP contribution in [0.15, 0.2) is 46.8 Å². The summed E-state index contributed by atoms with van der Waals surface area (Å²) in [6.07, 6.45) is 0.0391. The van der Waals surface area contributed by atoms with Crippen LogP contribution in [0.2, 0.25) is 0 Å². The molecule has 0 fully saturated rings. The van der Waals surface area contributed by atoms with Gasteiger partial charge in [0.15, 0.2) is 5.78 Å². The van der Waals surface area contributed by atoms with Crippen LogP contribution in [0.1, 0.15) is 59.4 Å². The molecule has 0 spiro atoms. The number of dihydropyridines is 1. The van der Waals surface area contributed by atoms with Crippen LogP contribution in [0.4, 0.5) is 0 Å². The lowest BCUT2D eigenvalue weighted by molar-refractivity contribution is -0.151. The van der Waals surface area contributed by atoms with E-state index in [4.69, 9.17) is 14.2 Å². The number of carbonyl (C=O) groups is 3. The number of rotatable bonds is 6. The van der Waals surface area contributed by atoms with Crippen LogP contribution in [0, 0.1) is 11.8 Å². The number of methoxy groups -OCH3 is 1. The van der Waals surface area contributed by atoms with Crippen molar-refractivity contribution in [1.29, 1.82) is 0 Å². The van der Waals surface area contributed by atoms with Crippen molar-refractivity contribution in [3.8, 4) is 5.75 Å². The van der Waals surface area contributed by atoms with Gasteiger partial charge in [0, 0.05) is 22.5 Å². The average Bonchev–Trinajstić information content (AvgIpc) is 2.71. The van der Waals surface area contributed by atoms with Crippen LogP contribution < -0.4 is 10.1 Å². The third-order valence-corrected chi connectivity index (χ3v) is 5.90. The summed E-state index contributed by atoms with van der Waals surface area (Å²) in [6, 6.07) is 7.38. The average molecular weight is 456 g/mol. The second-order valence-corrected chi connectivity index (χ2v) is 9.19. The number of allylic oxidation sites excluding steroid dienone is 3. The number of esters is 2. The third-order valence-electron chi connectivity index (χ3n) is 5.90. The fourth-order valence-corrected chi connectivity index (χ4v) is 4.62. The van der Waals surface area contributed by atoms with Crippen LogP contribution in [0.3, 0.4) is 0 Å². The Labute approximate surface area is 195 Å². The summed E-state index contributed by atoms with van der Waals surface area (Å²) >= 11 is 0. The largest absolute Gasteiger partial charge is 0.491 e. The lowest BCUT2D eigenvalue weighted by atomic mass is 9.69. The first-order valence-corrected chi connectivity index (χ1v) is 11.4. The smallest absolute Gasteiger partial charge is 0.337 e. The predicted octanol–water partition coefficient (Wildman–Crippen LogP) is 4.04. The van der Waals surface area contributed by atoms with E-state index in [1.807, 2.05) is 45.0 Å². The van der Waals surface area contributed by atoms with Crippen molar-refractivity contribution < 1.29 is 28.6 Å². The van der Waals surface area contributed by atoms with Gasteiger partial charge in [0.2, 0.25) is 0 Å². The topological polar surface area (TPSA) is 90.9 Å². The Morgan fingerprint density at radius 2 is 1.76 bits per heavy atom.